The fraction of sp³-hybridized carbons (Fsp3) is 0.118. The molecule has 0 saturated carbocycles. The third kappa shape index (κ3) is 1.69. The minimum absolute atomic E-state index is 0.497. The molecule has 5 nitrogen and oxygen atoms in total. The molecule has 0 fully saturated rings. The van der Waals surface area contributed by atoms with Crippen molar-refractivity contribution in [1.82, 2.24) is 19.5 Å². The number of para-hydroxylation sites is 1. The average molecular weight is 289 g/mol. The number of aryl methyl sites for hydroxylation is 1. The summed E-state index contributed by atoms with van der Waals surface area (Å²) in [5.74, 6) is 0.497. The van der Waals surface area contributed by atoms with Crippen LogP contribution in [0.2, 0.25) is 0 Å². The van der Waals surface area contributed by atoms with Gasteiger partial charge in [-0.3, -0.25) is 4.98 Å². The van der Waals surface area contributed by atoms with Crippen LogP contribution in [-0.2, 0) is 7.05 Å². The van der Waals surface area contributed by atoms with E-state index in [2.05, 4.69) is 34.0 Å². The summed E-state index contributed by atoms with van der Waals surface area (Å²) in [6.07, 6.45) is 3.38. The Balaban J connectivity index is 2.10. The maximum atomic E-state index is 6.10. The van der Waals surface area contributed by atoms with E-state index in [1.165, 1.54) is 6.33 Å². The number of nitrogens with zero attached hydrogens (tertiary/aromatic N) is 4. The van der Waals surface area contributed by atoms with E-state index >= 15 is 0 Å². The normalized spacial score (nSPS) is 11.4. The smallest absolute Gasteiger partial charge is 0.146 e. The zero-order chi connectivity index (χ0) is 15.3. The first-order valence-corrected chi connectivity index (χ1v) is 7.07. The zero-order valence-electron chi connectivity index (χ0n) is 12.4. The van der Waals surface area contributed by atoms with Crippen LogP contribution in [0, 0.1) is 6.92 Å². The summed E-state index contributed by atoms with van der Waals surface area (Å²) < 4.78 is 2.04. The third-order valence-corrected chi connectivity index (χ3v) is 4.17. The predicted molar refractivity (Wildman–Crippen MR) is 88.4 cm³/mol. The van der Waals surface area contributed by atoms with Gasteiger partial charge in [0.2, 0.25) is 0 Å². The summed E-state index contributed by atoms with van der Waals surface area (Å²) >= 11 is 0. The molecule has 5 heteroatoms. The standard InChI is InChI=1S/C17H15N5/c1-10-14(15-16(18)20-9-21-17(15)22(10)2)12-7-11-5-3-4-6-13(11)19-8-12/h3-9H,1-2H3,(H2,18,20,21). The molecular formula is C17H15N5. The van der Waals surface area contributed by atoms with Crippen molar-refractivity contribution in [3.8, 4) is 11.1 Å². The fourth-order valence-corrected chi connectivity index (χ4v) is 2.95. The lowest BCUT2D eigenvalue weighted by molar-refractivity contribution is 0.900. The van der Waals surface area contributed by atoms with Gasteiger partial charge in [0.05, 0.1) is 10.9 Å². The number of fused-ring (bicyclic) bond motifs is 2. The molecule has 0 spiro atoms. The highest BCUT2D eigenvalue weighted by Crippen LogP contribution is 2.36. The molecule has 3 heterocycles. The molecule has 0 aliphatic carbocycles. The second kappa shape index (κ2) is 4.53. The maximum Gasteiger partial charge on any atom is 0.146 e. The van der Waals surface area contributed by atoms with Crippen molar-refractivity contribution in [2.45, 2.75) is 6.92 Å². The topological polar surface area (TPSA) is 69.6 Å². The Morgan fingerprint density at radius 3 is 2.77 bits per heavy atom. The van der Waals surface area contributed by atoms with E-state index in [4.69, 9.17) is 5.73 Å². The van der Waals surface area contributed by atoms with Crippen molar-refractivity contribution in [2.24, 2.45) is 7.05 Å². The molecule has 1 aromatic carbocycles. The molecule has 0 aliphatic heterocycles. The third-order valence-electron chi connectivity index (χ3n) is 4.17. The number of aromatic nitrogens is 4. The van der Waals surface area contributed by atoms with Crippen molar-refractivity contribution in [3.05, 3.63) is 48.5 Å². The molecule has 4 aromatic rings. The quantitative estimate of drug-likeness (QED) is 0.584. The van der Waals surface area contributed by atoms with E-state index in [0.717, 1.165) is 38.8 Å². The molecule has 0 atom stereocenters. The molecule has 0 saturated heterocycles. The van der Waals surface area contributed by atoms with Crippen LogP contribution in [0.5, 0.6) is 0 Å². The van der Waals surface area contributed by atoms with Crippen LogP contribution in [-0.4, -0.2) is 19.5 Å². The van der Waals surface area contributed by atoms with Crippen LogP contribution in [0.25, 0.3) is 33.1 Å². The molecular weight excluding hydrogens is 274 g/mol. The second-order valence-corrected chi connectivity index (χ2v) is 5.39. The van der Waals surface area contributed by atoms with Crippen molar-refractivity contribution < 1.29 is 0 Å². The minimum atomic E-state index is 0.497. The first kappa shape index (κ1) is 12.8. The number of pyridine rings is 1. The Morgan fingerprint density at radius 1 is 1.09 bits per heavy atom. The molecule has 3 aromatic heterocycles. The number of hydrogen-bond acceptors (Lipinski definition) is 4. The van der Waals surface area contributed by atoms with Crippen molar-refractivity contribution in [3.63, 3.8) is 0 Å². The Bertz CT molecular complexity index is 1020. The summed E-state index contributed by atoms with van der Waals surface area (Å²) in [6.45, 7) is 2.06. The van der Waals surface area contributed by atoms with Crippen LogP contribution >= 0.6 is 0 Å². The molecule has 0 unspecified atom stereocenters. The van der Waals surface area contributed by atoms with Crippen molar-refractivity contribution >= 4 is 27.8 Å². The van der Waals surface area contributed by atoms with Gasteiger partial charge in [0.1, 0.15) is 17.8 Å². The van der Waals surface area contributed by atoms with Gasteiger partial charge in [0, 0.05) is 35.5 Å². The van der Waals surface area contributed by atoms with Gasteiger partial charge in [-0.05, 0) is 19.1 Å². The monoisotopic (exact) mass is 289 g/mol. The lowest BCUT2D eigenvalue weighted by Gasteiger charge is -2.05. The lowest BCUT2D eigenvalue weighted by Crippen LogP contribution is -1.95. The number of nitrogen functional groups attached to an aromatic ring is 1. The van der Waals surface area contributed by atoms with Crippen LogP contribution in [0.4, 0.5) is 5.82 Å². The van der Waals surface area contributed by atoms with Crippen LogP contribution < -0.4 is 5.73 Å². The summed E-state index contributed by atoms with van der Waals surface area (Å²) in [5.41, 5.74) is 11.1. The van der Waals surface area contributed by atoms with Gasteiger partial charge < -0.3 is 10.3 Å². The number of nitrogens with two attached hydrogens (primary N) is 1. The van der Waals surface area contributed by atoms with Gasteiger partial charge in [-0.25, -0.2) is 9.97 Å². The molecule has 0 amide bonds. The zero-order valence-corrected chi connectivity index (χ0v) is 12.4. The van der Waals surface area contributed by atoms with E-state index in [1.54, 1.807) is 0 Å². The first-order valence-electron chi connectivity index (χ1n) is 7.07. The average Bonchev–Trinajstić information content (AvgIpc) is 2.80. The van der Waals surface area contributed by atoms with Crippen molar-refractivity contribution in [2.75, 3.05) is 5.73 Å². The molecule has 2 N–H and O–H groups in total. The summed E-state index contributed by atoms with van der Waals surface area (Å²) in [4.78, 5) is 13.1. The first-order chi connectivity index (χ1) is 10.7. The molecule has 0 radical (unpaired) electrons. The summed E-state index contributed by atoms with van der Waals surface area (Å²) in [6, 6.07) is 10.2. The fourth-order valence-electron chi connectivity index (χ4n) is 2.95. The van der Waals surface area contributed by atoms with Gasteiger partial charge in [0.15, 0.2) is 0 Å². The molecule has 108 valence electrons. The lowest BCUT2D eigenvalue weighted by atomic mass is 10.0. The second-order valence-electron chi connectivity index (χ2n) is 5.39. The highest BCUT2D eigenvalue weighted by molar-refractivity contribution is 6.03. The van der Waals surface area contributed by atoms with Gasteiger partial charge >= 0.3 is 0 Å². The van der Waals surface area contributed by atoms with Gasteiger partial charge in [-0.2, -0.15) is 0 Å². The SMILES string of the molecule is Cc1c(-c2cnc3ccccc3c2)c2c(N)ncnc2n1C. The number of benzene rings is 1. The molecule has 0 aliphatic rings. The largest absolute Gasteiger partial charge is 0.383 e. The number of anilines is 1. The van der Waals surface area contributed by atoms with E-state index < -0.39 is 0 Å². The Morgan fingerprint density at radius 2 is 1.91 bits per heavy atom. The van der Waals surface area contributed by atoms with E-state index in [1.807, 2.05) is 36.0 Å². The van der Waals surface area contributed by atoms with E-state index in [9.17, 15) is 0 Å². The van der Waals surface area contributed by atoms with Crippen LogP contribution in [0.15, 0.2) is 42.9 Å². The van der Waals surface area contributed by atoms with E-state index in [-0.39, 0.29) is 0 Å². The predicted octanol–water partition coefficient (Wildman–Crippen LogP) is 3.07. The van der Waals surface area contributed by atoms with Gasteiger partial charge in [-0.1, -0.05) is 18.2 Å². The molecule has 4 rings (SSSR count). The summed E-state index contributed by atoms with van der Waals surface area (Å²) in [5, 5.41) is 1.99. The molecule has 22 heavy (non-hydrogen) atoms. The van der Waals surface area contributed by atoms with Crippen LogP contribution in [0.3, 0.4) is 0 Å². The Labute approximate surface area is 127 Å². The maximum absolute atomic E-state index is 6.10. The number of rotatable bonds is 1. The van der Waals surface area contributed by atoms with Gasteiger partial charge in [-0.15, -0.1) is 0 Å². The number of hydrogen-bond donors (Lipinski definition) is 1. The van der Waals surface area contributed by atoms with Crippen LogP contribution in [0.1, 0.15) is 5.69 Å². The Hall–Kier alpha value is -2.95. The van der Waals surface area contributed by atoms with Crippen molar-refractivity contribution in [1.29, 1.82) is 0 Å². The highest BCUT2D eigenvalue weighted by atomic mass is 15.1. The molecule has 0 bridgehead atoms. The minimum Gasteiger partial charge on any atom is -0.383 e. The van der Waals surface area contributed by atoms with Gasteiger partial charge in [0.25, 0.3) is 0 Å². The Kier molecular flexibility index (Phi) is 2.63. The summed E-state index contributed by atoms with van der Waals surface area (Å²) in [7, 11) is 1.99. The highest BCUT2D eigenvalue weighted by Gasteiger charge is 2.18. The van der Waals surface area contributed by atoms with E-state index in [0.29, 0.717) is 5.82 Å².